The number of ether oxygens (including phenoxy) is 1. The number of aromatic nitrogens is 2. The van der Waals surface area contributed by atoms with E-state index < -0.39 is 0 Å². The van der Waals surface area contributed by atoms with E-state index in [1.807, 2.05) is 54.6 Å². The highest BCUT2D eigenvalue weighted by atomic mass is 16.5. The Kier molecular flexibility index (Phi) is 5.63. The van der Waals surface area contributed by atoms with Crippen molar-refractivity contribution in [1.82, 2.24) is 9.97 Å². The second-order valence-electron chi connectivity index (χ2n) is 7.54. The lowest BCUT2D eigenvalue weighted by Crippen LogP contribution is -2.36. The fourth-order valence-corrected chi connectivity index (χ4v) is 3.76. The Labute approximate surface area is 186 Å². The molecule has 1 aliphatic heterocycles. The number of hydrogen-bond acceptors (Lipinski definition) is 6. The minimum atomic E-state index is -0.194. The molecule has 1 amide bonds. The number of carbonyl (C=O) groups is 1. The second kappa shape index (κ2) is 9.03. The number of amides is 1. The van der Waals surface area contributed by atoms with E-state index in [9.17, 15) is 4.79 Å². The summed E-state index contributed by atoms with van der Waals surface area (Å²) in [5.74, 6) is 1.07. The maximum Gasteiger partial charge on any atom is 0.255 e. The van der Waals surface area contributed by atoms with Crippen molar-refractivity contribution in [3.63, 3.8) is 0 Å². The molecule has 7 heteroatoms. The summed E-state index contributed by atoms with van der Waals surface area (Å²) in [5.41, 5.74) is 2.39. The average Bonchev–Trinajstić information content (AvgIpc) is 2.85. The third-order valence-corrected chi connectivity index (χ3v) is 5.44. The van der Waals surface area contributed by atoms with Crippen molar-refractivity contribution in [1.29, 1.82) is 0 Å². The van der Waals surface area contributed by atoms with E-state index in [-0.39, 0.29) is 5.91 Å². The van der Waals surface area contributed by atoms with Crippen LogP contribution in [0.25, 0.3) is 10.8 Å². The third kappa shape index (κ3) is 4.38. The van der Waals surface area contributed by atoms with Gasteiger partial charge in [-0.15, -0.1) is 0 Å². The summed E-state index contributed by atoms with van der Waals surface area (Å²) in [6.45, 7) is 3.24. The van der Waals surface area contributed by atoms with Gasteiger partial charge in [0.2, 0.25) is 0 Å². The van der Waals surface area contributed by atoms with Crippen molar-refractivity contribution in [3.05, 3.63) is 84.7 Å². The first-order valence-electron chi connectivity index (χ1n) is 10.6. The first kappa shape index (κ1) is 20.0. The van der Waals surface area contributed by atoms with Crippen LogP contribution < -0.4 is 15.5 Å². The van der Waals surface area contributed by atoms with Crippen LogP contribution in [0.15, 0.2) is 79.1 Å². The SMILES string of the molecule is O=C(Nc1ccc(N2CCOCC2)cc1)c1ccnc(Nc2nccc3ccccc23)c1. The van der Waals surface area contributed by atoms with E-state index >= 15 is 0 Å². The molecule has 0 radical (unpaired) electrons. The zero-order chi connectivity index (χ0) is 21.8. The number of hydrogen-bond donors (Lipinski definition) is 2. The molecule has 160 valence electrons. The van der Waals surface area contributed by atoms with Gasteiger partial charge in [0, 0.05) is 47.8 Å². The van der Waals surface area contributed by atoms with E-state index in [2.05, 4.69) is 25.5 Å². The van der Waals surface area contributed by atoms with Gasteiger partial charge in [-0.1, -0.05) is 24.3 Å². The van der Waals surface area contributed by atoms with Crippen LogP contribution >= 0.6 is 0 Å². The van der Waals surface area contributed by atoms with E-state index in [0.29, 0.717) is 17.2 Å². The molecule has 7 nitrogen and oxygen atoms in total. The molecule has 0 aliphatic carbocycles. The first-order valence-corrected chi connectivity index (χ1v) is 10.6. The predicted molar refractivity (Wildman–Crippen MR) is 127 cm³/mol. The van der Waals surface area contributed by atoms with Gasteiger partial charge in [-0.25, -0.2) is 9.97 Å². The van der Waals surface area contributed by atoms with Gasteiger partial charge >= 0.3 is 0 Å². The monoisotopic (exact) mass is 425 g/mol. The van der Waals surface area contributed by atoms with Gasteiger partial charge in [0.15, 0.2) is 0 Å². The Bertz CT molecular complexity index is 1230. The molecule has 2 N–H and O–H groups in total. The Morgan fingerprint density at radius 1 is 0.906 bits per heavy atom. The molecular formula is C25H23N5O2. The van der Waals surface area contributed by atoms with Crippen molar-refractivity contribution < 1.29 is 9.53 Å². The molecule has 1 fully saturated rings. The largest absolute Gasteiger partial charge is 0.378 e. The van der Waals surface area contributed by atoms with Gasteiger partial charge in [0.1, 0.15) is 11.6 Å². The number of morpholine rings is 1. The Hall–Kier alpha value is -3.97. The van der Waals surface area contributed by atoms with E-state index in [0.717, 1.165) is 48.5 Å². The van der Waals surface area contributed by atoms with Crippen molar-refractivity contribution in [2.75, 3.05) is 41.8 Å². The topological polar surface area (TPSA) is 79.4 Å². The number of carbonyl (C=O) groups excluding carboxylic acids is 1. The predicted octanol–water partition coefficient (Wildman–Crippen LogP) is 4.46. The normalized spacial score (nSPS) is 13.7. The number of nitrogens with zero attached hydrogens (tertiary/aromatic N) is 3. The fraction of sp³-hybridized carbons (Fsp3) is 0.160. The molecule has 5 rings (SSSR count). The van der Waals surface area contributed by atoms with E-state index in [4.69, 9.17) is 4.74 Å². The fourth-order valence-electron chi connectivity index (χ4n) is 3.76. The first-order chi connectivity index (χ1) is 15.8. The highest BCUT2D eigenvalue weighted by Crippen LogP contribution is 2.24. The Morgan fingerprint density at radius 2 is 1.69 bits per heavy atom. The molecule has 0 atom stereocenters. The summed E-state index contributed by atoms with van der Waals surface area (Å²) in [4.78, 5) is 23.9. The zero-order valence-corrected chi connectivity index (χ0v) is 17.5. The summed E-state index contributed by atoms with van der Waals surface area (Å²) in [5, 5.41) is 8.26. The lowest BCUT2D eigenvalue weighted by molar-refractivity contribution is 0.102. The van der Waals surface area contributed by atoms with Gasteiger partial charge < -0.3 is 20.3 Å². The summed E-state index contributed by atoms with van der Waals surface area (Å²) < 4.78 is 5.40. The summed E-state index contributed by atoms with van der Waals surface area (Å²) in [6, 6.07) is 21.2. The molecule has 0 bridgehead atoms. The molecule has 0 unspecified atom stereocenters. The molecular weight excluding hydrogens is 402 g/mol. The quantitative estimate of drug-likeness (QED) is 0.491. The zero-order valence-electron chi connectivity index (χ0n) is 17.5. The van der Waals surface area contributed by atoms with Gasteiger partial charge in [0.25, 0.3) is 5.91 Å². The molecule has 1 saturated heterocycles. The van der Waals surface area contributed by atoms with Crippen molar-refractivity contribution in [2.24, 2.45) is 0 Å². The van der Waals surface area contributed by atoms with Crippen LogP contribution in [-0.4, -0.2) is 42.2 Å². The summed E-state index contributed by atoms with van der Waals surface area (Å²) >= 11 is 0. The number of benzene rings is 2. The molecule has 32 heavy (non-hydrogen) atoms. The summed E-state index contributed by atoms with van der Waals surface area (Å²) in [7, 11) is 0. The Morgan fingerprint density at radius 3 is 2.53 bits per heavy atom. The molecule has 0 spiro atoms. The molecule has 4 aromatic rings. The number of nitrogens with one attached hydrogen (secondary N) is 2. The third-order valence-electron chi connectivity index (χ3n) is 5.44. The van der Waals surface area contributed by atoms with Gasteiger partial charge in [-0.2, -0.15) is 0 Å². The van der Waals surface area contributed by atoms with Crippen molar-refractivity contribution in [3.8, 4) is 0 Å². The molecule has 2 aromatic heterocycles. The minimum Gasteiger partial charge on any atom is -0.378 e. The minimum absolute atomic E-state index is 0.194. The smallest absolute Gasteiger partial charge is 0.255 e. The van der Waals surface area contributed by atoms with Crippen LogP contribution in [0.2, 0.25) is 0 Å². The molecule has 0 saturated carbocycles. The van der Waals surface area contributed by atoms with Crippen LogP contribution in [0.4, 0.5) is 23.0 Å². The van der Waals surface area contributed by atoms with Crippen LogP contribution in [0.1, 0.15) is 10.4 Å². The Balaban J connectivity index is 1.29. The number of anilines is 4. The molecule has 2 aromatic carbocycles. The van der Waals surface area contributed by atoms with E-state index in [1.54, 1.807) is 24.5 Å². The average molecular weight is 425 g/mol. The van der Waals surface area contributed by atoms with Crippen molar-refractivity contribution in [2.45, 2.75) is 0 Å². The molecule has 1 aliphatic rings. The standard InChI is InChI=1S/C25H23N5O2/c31-25(28-20-5-7-21(8-6-20)30-13-15-32-16-14-30)19-10-11-26-23(17-19)29-24-22-4-2-1-3-18(22)9-12-27-24/h1-12,17H,13-16H2,(H,28,31)(H,26,27,29). The van der Waals surface area contributed by atoms with Crippen LogP contribution in [0.5, 0.6) is 0 Å². The summed E-state index contributed by atoms with van der Waals surface area (Å²) in [6.07, 6.45) is 3.37. The second-order valence-corrected chi connectivity index (χ2v) is 7.54. The lowest BCUT2D eigenvalue weighted by atomic mass is 10.1. The maximum atomic E-state index is 12.8. The van der Waals surface area contributed by atoms with Gasteiger partial charge in [-0.05, 0) is 47.9 Å². The van der Waals surface area contributed by atoms with E-state index in [1.165, 1.54) is 0 Å². The van der Waals surface area contributed by atoms with Gasteiger partial charge in [0.05, 0.1) is 13.2 Å². The van der Waals surface area contributed by atoms with Crippen LogP contribution in [0.3, 0.4) is 0 Å². The highest BCUT2D eigenvalue weighted by molar-refractivity contribution is 6.05. The maximum absolute atomic E-state index is 12.8. The number of rotatable bonds is 5. The molecule has 3 heterocycles. The number of pyridine rings is 2. The van der Waals surface area contributed by atoms with Crippen molar-refractivity contribution >= 4 is 39.7 Å². The lowest BCUT2D eigenvalue weighted by Gasteiger charge is -2.28. The van der Waals surface area contributed by atoms with Crippen LogP contribution in [0, 0.1) is 0 Å². The van der Waals surface area contributed by atoms with Gasteiger partial charge in [-0.3, -0.25) is 4.79 Å². The highest BCUT2D eigenvalue weighted by Gasteiger charge is 2.12. The van der Waals surface area contributed by atoms with Crippen LogP contribution in [-0.2, 0) is 4.74 Å². The number of fused-ring (bicyclic) bond motifs is 1.